The molecule has 162 valence electrons. The zero-order valence-corrected chi connectivity index (χ0v) is 18.0. The normalized spacial score (nSPS) is 10.7. The fourth-order valence-electron chi connectivity index (χ4n) is 3.04. The van der Waals surface area contributed by atoms with E-state index in [1.807, 2.05) is 12.1 Å². The first-order valence-corrected chi connectivity index (χ1v) is 10.2. The van der Waals surface area contributed by atoms with Gasteiger partial charge in [0.2, 0.25) is 5.88 Å². The summed E-state index contributed by atoms with van der Waals surface area (Å²) in [7, 11) is 0. The summed E-state index contributed by atoms with van der Waals surface area (Å²) in [6, 6.07) is 12.4. The van der Waals surface area contributed by atoms with Gasteiger partial charge in [0.05, 0.1) is 5.69 Å². The van der Waals surface area contributed by atoms with Crippen LogP contribution < -0.4 is 21.5 Å². The summed E-state index contributed by atoms with van der Waals surface area (Å²) in [6.45, 7) is 2.37. The Balaban J connectivity index is 1.42. The molecule has 32 heavy (non-hydrogen) atoms. The third-order valence-electron chi connectivity index (χ3n) is 4.61. The van der Waals surface area contributed by atoms with Crippen LogP contribution in [0.3, 0.4) is 0 Å². The fourth-order valence-corrected chi connectivity index (χ4v) is 3.16. The summed E-state index contributed by atoms with van der Waals surface area (Å²) >= 11 is 5.89. The Morgan fingerprint density at radius 3 is 2.62 bits per heavy atom. The van der Waals surface area contributed by atoms with Gasteiger partial charge in [0.15, 0.2) is 5.82 Å². The second kappa shape index (κ2) is 9.44. The van der Waals surface area contributed by atoms with Gasteiger partial charge in [-0.15, -0.1) is 0 Å². The number of halogens is 1. The molecule has 4 aromatic rings. The van der Waals surface area contributed by atoms with Crippen LogP contribution in [0.4, 0.5) is 11.6 Å². The van der Waals surface area contributed by atoms with Gasteiger partial charge in [-0.1, -0.05) is 17.7 Å². The Labute approximate surface area is 188 Å². The molecule has 3 heterocycles. The van der Waals surface area contributed by atoms with E-state index in [1.54, 1.807) is 49.6 Å². The van der Waals surface area contributed by atoms with E-state index in [2.05, 4.69) is 25.3 Å². The molecule has 0 saturated carbocycles. The van der Waals surface area contributed by atoms with E-state index in [4.69, 9.17) is 22.1 Å². The Hall–Kier alpha value is -3.98. The van der Waals surface area contributed by atoms with Gasteiger partial charge in [-0.3, -0.25) is 4.57 Å². The Bertz CT molecular complexity index is 1270. The molecule has 1 aromatic carbocycles. The van der Waals surface area contributed by atoms with E-state index in [-0.39, 0.29) is 5.82 Å². The number of nitrogens with one attached hydrogen (secondary N) is 1. The standard InChI is InChI=1S/C22H20ClN7O2/c1-14-20(30-11-9-18(24)29-22(30)31)21(28-13-27-14)25-10-8-15-2-7-19(26-12-15)32-17-5-3-16(23)4-6-17/h2-7,9,11-13H,8,10H2,1H3,(H2,24,29,31)(H,25,27,28). The number of hydrogen-bond donors (Lipinski definition) is 2. The average molecular weight is 450 g/mol. The lowest BCUT2D eigenvalue weighted by molar-refractivity contribution is 0.462. The Morgan fingerprint density at radius 2 is 1.91 bits per heavy atom. The molecule has 3 aromatic heterocycles. The Morgan fingerprint density at radius 1 is 1.09 bits per heavy atom. The van der Waals surface area contributed by atoms with E-state index in [1.165, 1.54) is 10.9 Å². The maximum atomic E-state index is 12.3. The molecule has 0 saturated heterocycles. The molecule has 4 rings (SSSR count). The highest BCUT2D eigenvalue weighted by Gasteiger charge is 2.13. The molecule has 0 unspecified atom stereocenters. The topological polar surface area (TPSA) is 121 Å². The predicted molar refractivity (Wildman–Crippen MR) is 123 cm³/mol. The highest BCUT2D eigenvalue weighted by atomic mass is 35.5. The lowest BCUT2D eigenvalue weighted by atomic mass is 10.2. The van der Waals surface area contributed by atoms with E-state index in [9.17, 15) is 4.79 Å². The minimum atomic E-state index is -0.494. The first-order chi connectivity index (χ1) is 15.5. The number of pyridine rings is 1. The Kier molecular flexibility index (Phi) is 6.27. The van der Waals surface area contributed by atoms with Gasteiger partial charge in [-0.2, -0.15) is 4.98 Å². The van der Waals surface area contributed by atoms with Crippen LogP contribution in [0.1, 0.15) is 11.3 Å². The van der Waals surface area contributed by atoms with Gasteiger partial charge in [0.25, 0.3) is 0 Å². The number of benzene rings is 1. The molecule has 0 aliphatic heterocycles. The quantitative estimate of drug-likeness (QED) is 0.440. The molecule has 0 radical (unpaired) electrons. The molecule has 0 aliphatic rings. The van der Waals surface area contributed by atoms with Gasteiger partial charge < -0.3 is 15.8 Å². The molecule has 3 N–H and O–H groups in total. The van der Waals surface area contributed by atoms with Gasteiger partial charge in [-0.25, -0.2) is 19.7 Å². The summed E-state index contributed by atoms with van der Waals surface area (Å²) in [6.07, 6.45) is 5.45. The van der Waals surface area contributed by atoms with E-state index < -0.39 is 5.69 Å². The van der Waals surface area contributed by atoms with Crippen LogP contribution in [0.2, 0.25) is 5.02 Å². The molecule has 0 aliphatic carbocycles. The zero-order chi connectivity index (χ0) is 22.5. The van der Waals surface area contributed by atoms with Crippen LogP contribution in [0, 0.1) is 6.92 Å². The SMILES string of the molecule is Cc1ncnc(NCCc2ccc(Oc3ccc(Cl)cc3)nc2)c1-n1ccc(N)nc1=O. The first-order valence-electron chi connectivity index (χ1n) is 9.79. The minimum absolute atomic E-state index is 0.159. The molecular weight excluding hydrogens is 430 g/mol. The van der Waals surface area contributed by atoms with Crippen LogP contribution in [0.25, 0.3) is 5.69 Å². The third kappa shape index (κ3) is 5.01. The largest absolute Gasteiger partial charge is 0.439 e. The number of hydrogen-bond acceptors (Lipinski definition) is 8. The summed E-state index contributed by atoms with van der Waals surface area (Å²) < 4.78 is 7.08. The lowest BCUT2D eigenvalue weighted by Gasteiger charge is -2.14. The van der Waals surface area contributed by atoms with Gasteiger partial charge in [-0.05, 0) is 49.2 Å². The maximum absolute atomic E-state index is 12.3. The molecule has 0 bridgehead atoms. The van der Waals surface area contributed by atoms with Crippen molar-refractivity contribution >= 4 is 23.2 Å². The fraction of sp³-hybridized carbons (Fsp3) is 0.136. The van der Waals surface area contributed by atoms with E-state index >= 15 is 0 Å². The van der Waals surface area contributed by atoms with E-state index in [0.29, 0.717) is 46.8 Å². The average Bonchev–Trinajstić information content (AvgIpc) is 2.77. The second-order valence-corrected chi connectivity index (χ2v) is 7.34. The number of anilines is 2. The number of aryl methyl sites for hydroxylation is 1. The van der Waals surface area contributed by atoms with Crippen LogP contribution in [0.5, 0.6) is 11.6 Å². The van der Waals surface area contributed by atoms with Crippen molar-refractivity contribution in [1.29, 1.82) is 0 Å². The van der Waals surface area contributed by atoms with Crippen LogP contribution in [-0.2, 0) is 6.42 Å². The van der Waals surface area contributed by atoms with Crippen LogP contribution >= 0.6 is 11.6 Å². The molecular formula is C22H20ClN7O2. The summed E-state index contributed by atoms with van der Waals surface area (Å²) in [4.78, 5) is 28.9. The van der Waals surface area contributed by atoms with Crippen molar-refractivity contribution in [3.05, 3.63) is 87.9 Å². The maximum Gasteiger partial charge on any atom is 0.354 e. The minimum Gasteiger partial charge on any atom is -0.439 e. The highest BCUT2D eigenvalue weighted by molar-refractivity contribution is 6.30. The number of rotatable bonds is 7. The van der Waals surface area contributed by atoms with Crippen molar-refractivity contribution < 1.29 is 4.74 Å². The second-order valence-electron chi connectivity index (χ2n) is 6.90. The van der Waals surface area contributed by atoms with Crippen molar-refractivity contribution in [3.8, 4) is 17.3 Å². The molecule has 0 fully saturated rings. The summed E-state index contributed by atoms with van der Waals surface area (Å²) in [5.41, 5.74) is 7.29. The van der Waals surface area contributed by atoms with Crippen molar-refractivity contribution in [2.24, 2.45) is 0 Å². The van der Waals surface area contributed by atoms with Gasteiger partial charge >= 0.3 is 5.69 Å². The molecule has 9 nitrogen and oxygen atoms in total. The monoisotopic (exact) mass is 449 g/mol. The van der Waals surface area contributed by atoms with Crippen molar-refractivity contribution in [2.45, 2.75) is 13.3 Å². The summed E-state index contributed by atoms with van der Waals surface area (Å²) in [5, 5.41) is 3.91. The number of nitrogen functional groups attached to an aromatic ring is 1. The molecule has 0 atom stereocenters. The third-order valence-corrected chi connectivity index (χ3v) is 4.86. The highest BCUT2D eigenvalue weighted by Crippen LogP contribution is 2.22. The molecule has 0 amide bonds. The molecule has 10 heteroatoms. The lowest BCUT2D eigenvalue weighted by Crippen LogP contribution is -2.24. The van der Waals surface area contributed by atoms with Crippen molar-refractivity contribution in [2.75, 3.05) is 17.6 Å². The van der Waals surface area contributed by atoms with Gasteiger partial charge in [0.1, 0.15) is 23.6 Å². The number of ether oxygens (including phenoxy) is 1. The number of nitrogens with zero attached hydrogens (tertiary/aromatic N) is 5. The van der Waals surface area contributed by atoms with Crippen LogP contribution in [0.15, 0.2) is 66.0 Å². The smallest absolute Gasteiger partial charge is 0.354 e. The predicted octanol–water partition coefficient (Wildman–Crippen LogP) is 3.41. The van der Waals surface area contributed by atoms with Crippen molar-refractivity contribution in [1.82, 2.24) is 24.5 Å². The summed E-state index contributed by atoms with van der Waals surface area (Å²) in [5.74, 6) is 1.84. The van der Waals surface area contributed by atoms with Crippen LogP contribution in [-0.4, -0.2) is 31.0 Å². The van der Waals surface area contributed by atoms with Gasteiger partial charge in [0, 0.05) is 30.0 Å². The van der Waals surface area contributed by atoms with Crippen molar-refractivity contribution in [3.63, 3.8) is 0 Å². The zero-order valence-electron chi connectivity index (χ0n) is 17.2. The number of nitrogens with two attached hydrogens (primary N) is 1. The first kappa shape index (κ1) is 21.3. The molecule has 0 spiro atoms. The number of aromatic nitrogens is 5. The van der Waals surface area contributed by atoms with E-state index in [0.717, 1.165) is 5.56 Å².